The number of carbonyl (C=O) groups excluding carboxylic acids is 2. The second kappa shape index (κ2) is 9.72. The number of hydrogen-bond acceptors (Lipinski definition) is 6. The molecule has 23 heavy (non-hydrogen) atoms. The third-order valence-electron chi connectivity index (χ3n) is 2.87. The van der Waals surface area contributed by atoms with Gasteiger partial charge in [-0.05, 0) is 18.8 Å². The lowest BCUT2D eigenvalue weighted by molar-refractivity contribution is -0.143. The highest BCUT2D eigenvalue weighted by Gasteiger charge is 2.25. The Labute approximate surface area is 145 Å². The van der Waals surface area contributed by atoms with Crippen molar-refractivity contribution in [2.45, 2.75) is 44.8 Å². The molecule has 0 saturated carbocycles. The van der Waals surface area contributed by atoms with Gasteiger partial charge < -0.3 is 10.1 Å². The fraction of sp³-hybridized carbons (Fsp3) is 0.600. The van der Waals surface area contributed by atoms with E-state index < -0.39 is 17.9 Å². The van der Waals surface area contributed by atoms with Crippen LogP contribution in [-0.2, 0) is 9.53 Å². The van der Waals surface area contributed by atoms with E-state index in [1.54, 1.807) is 0 Å². The summed E-state index contributed by atoms with van der Waals surface area (Å²) in [7, 11) is 1.29. The van der Waals surface area contributed by atoms with Crippen molar-refractivity contribution in [1.29, 1.82) is 0 Å². The van der Waals surface area contributed by atoms with Gasteiger partial charge in [-0.2, -0.15) is 0 Å². The van der Waals surface area contributed by atoms with Crippen molar-refractivity contribution in [2.75, 3.05) is 12.9 Å². The van der Waals surface area contributed by atoms with Crippen molar-refractivity contribution in [3.8, 4) is 0 Å². The van der Waals surface area contributed by atoms with E-state index in [0.29, 0.717) is 11.6 Å². The molecule has 0 radical (unpaired) electrons. The van der Waals surface area contributed by atoms with Gasteiger partial charge in [0.1, 0.15) is 6.04 Å². The molecule has 0 aromatic carbocycles. The smallest absolute Gasteiger partial charge is 0.328 e. The van der Waals surface area contributed by atoms with Gasteiger partial charge in [0.15, 0.2) is 10.9 Å². The van der Waals surface area contributed by atoms with Crippen LogP contribution in [0.1, 0.15) is 44.1 Å². The van der Waals surface area contributed by atoms with Gasteiger partial charge in [0, 0.05) is 5.75 Å². The molecule has 0 spiro atoms. The molecule has 1 heterocycles. The Morgan fingerprint density at radius 1 is 1.43 bits per heavy atom. The molecule has 0 aliphatic heterocycles. The second-order valence-electron chi connectivity index (χ2n) is 5.38. The number of esters is 1. The van der Waals surface area contributed by atoms with E-state index in [9.17, 15) is 9.59 Å². The van der Waals surface area contributed by atoms with Crippen LogP contribution in [0.15, 0.2) is 11.4 Å². The molecule has 6 nitrogen and oxygen atoms in total. The van der Waals surface area contributed by atoms with E-state index in [1.165, 1.54) is 25.1 Å². The monoisotopic (exact) mass is 359 g/mol. The number of carbonyl (C=O) groups is 2. The number of nitrogens with one attached hydrogen (secondary N) is 1. The van der Waals surface area contributed by atoms with Crippen LogP contribution in [0, 0.1) is 5.92 Å². The van der Waals surface area contributed by atoms with Crippen LogP contribution < -0.4 is 5.32 Å². The number of hydrogen-bond donors (Lipinski definition) is 1. The molecule has 1 amide bonds. The Morgan fingerprint density at radius 3 is 2.70 bits per heavy atom. The van der Waals surface area contributed by atoms with E-state index in [1.807, 2.05) is 20.8 Å². The molecule has 8 heteroatoms. The average molecular weight is 360 g/mol. The molecule has 0 bridgehead atoms. The summed E-state index contributed by atoms with van der Waals surface area (Å²) in [4.78, 5) is 32.5. The highest BCUT2D eigenvalue weighted by Crippen LogP contribution is 2.19. The van der Waals surface area contributed by atoms with Crippen LogP contribution in [0.5, 0.6) is 0 Å². The maximum Gasteiger partial charge on any atom is 0.328 e. The molecule has 128 valence electrons. The van der Waals surface area contributed by atoms with E-state index in [4.69, 9.17) is 16.3 Å². The number of ether oxygens (including phenoxy) is 1. The minimum Gasteiger partial charge on any atom is -0.467 e. The van der Waals surface area contributed by atoms with E-state index in [2.05, 4.69) is 15.3 Å². The Balaban J connectivity index is 2.91. The van der Waals surface area contributed by atoms with Crippen LogP contribution >= 0.6 is 23.4 Å². The lowest BCUT2D eigenvalue weighted by atomic mass is 10.0. The summed E-state index contributed by atoms with van der Waals surface area (Å²) < 4.78 is 4.73. The van der Waals surface area contributed by atoms with E-state index in [0.717, 1.165) is 12.2 Å². The maximum atomic E-state index is 12.4. The van der Waals surface area contributed by atoms with Gasteiger partial charge in [0.25, 0.3) is 5.91 Å². The Hall–Kier alpha value is -1.34. The van der Waals surface area contributed by atoms with Crippen LogP contribution in [0.25, 0.3) is 0 Å². The first kappa shape index (κ1) is 19.7. The fourth-order valence-corrected chi connectivity index (χ4v) is 2.67. The fourth-order valence-electron chi connectivity index (χ4n) is 1.83. The zero-order chi connectivity index (χ0) is 17.4. The summed E-state index contributed by atoms with van der Waals surface area (Å²) in [5.41, 5.74) is 0.0675. The van der Waals surface area contributed by atoms with Crippen molar-refractivity contribution >= 4 is 35.2 Å². The van der Waals surface area contributed by atoms with Crippen molar-refractivity contribution in [1.82, 2.24) is 15.3 Å². The predicted molar refractivity (Wildman–Crippen MR) is 90.8 cm³/mol. The number of halogens is 1. The number of methoxy groups -OCH3 is 1. The minimum absolute atomic E-state index is 0.0675. The zero-order valence-corrected chi connectivity index (χ0v) is 15.3. The summed E-state index contributed by atoms with van der Waals surface area (Å²) in [6, 6.07) is -0.731. The molecule has 1 unspecified atom stereocenters. The maximum absolute atomic E-state index is 12.4. The molecule has 1 aromatic heterocycles. The number of thioether (sulfide) groups is 1. The first-order valence-corrected chi connectivity index (χ1v) is 8.79. The standard InChI is InChI=1S/C15H22ClN3O3S/c1-5-6-23-15-17-8-10(16)12(19-15)13(20)18-11(7-9(2)3)14(21)22-4/h8-9,11H,5-7H2,1-4H3,(H,18,20). The minimum atomic E-state index is -0.731. The van der Waals surface area contributed by atoms with Gasteiger partial charge in [-0.25, -0.2) is 14.8 Å². The average Bonchev–Trinajstić information content (AvgIpc) is 2.52. The van der Waals surface area contributed by atoms with Crippen LogP contribution in [0.2, 0.25) is 5.02 Å². The van der Waals surface area contributed by atoms with Gasteiger partial charge in [-0.3, -0.25) is 4.79 Å². The van der Waals surface area contributed by atoms with Crippen molar-refractivity contribution < 1.29 is 14.3 Å². The number of nitrogens with zero attached hydrogens (tertiary/aromatic N) is 2. The first-order valence-electron chi connectivity index (χ1n) is 7.43. The summed E-state index contributed by atoms with van der Waals surface area (Å²) in [6.45, 7) is 5.96. The van der Waals surface area contributed by atoms with Gasteiger partial charge in [-0.15, -0.1) is 0 Å². The summed E-state index contributed by atoms with van der Waals surface area (Å²) >= 11 is 7.47. The van der Waals surface area contributed by atoms with Crippen LogP contribution in [-0.4, -0.2) is 40.7 Å². The number of rotatable bonds is 8. The van der Waals surface area contributed by atoms with Crippen LogP contribution in [0.4, 0.5) is 0 Å². The number of aromatic nitrogens is 2. The summed E-state index contributed by atoms with van der Waals surface area (Å²) in [5.74, 6) is 0.0708. The largest absolute Gasteiger partial charge is 0.467 e. The van der Waals surface area contributed by atoms with Gasteiger partial charge >= 0.3 is 5.97 Å². The van der Waals surface area contributed by atoms with Crippen molar-refractivity contribution in [3.05, 3.63) is 16.9 Å². The Morgan fingerprint density at radius 2 is 2.13 bits per heavy atom. The predicted octanol–water partition coefficient (Wildman–Crippen LogP) is 2.95. The molecule has 0 aliphatic rings. The third-order valence-corrected chi connectivity index (χ3v) is 4.21. The molecular formula is C15H22ClN3O3S. The van der Waals surface area contributed by atoms with Crippen LogP contribution in [0.3, 0.4) is 0 Å². The van der Waals surface area contributed by atoms with Gasteiger partial charge in [0.05, 0.1) is 18.3 Å². The number of amides is 1. The molecule has 1 atom stereocenters. The molecule has 0 fully saturated rings. The molecule has 1 aromatic rings. The normalized spacial score (nSPS) is 12.1. The zero-order valence-electron chi connectivity index (χ0n) is 13.8. The quantitative estimate of drug-likeness (QED) is 0.436. The first-order chi connectivity index (χ1) is 10.9. The summed E-state index contributed by atoms with van der Waals surface area (Å²) in [6.07, 6.45) is 2.84. The van der Waals surface area contributed by atoms with Crippen molar-refractivity contribution in [2.24, 2.45) is 5.92 Å². The SMILES string of the molecule is CCCSc1ncc(Cl)c(C(=O)NC(CC(C)C)C(=O)OC)n1. The van der Waals surface area contributed by atoms with E-state index in [-0.39, 0.29) is 16.6 Å². The Kier molecular flexibility index (Phi) is 8.33. The molecular weight excluding hydrogens is 338 g/mol. The molecule has 1 rings (SSSR count). The van der Waals surface area contributed by atoms with Gasteiger partial charge in [0.2, 0.25) is 0 Å². The molecule has 1 N–H and O–H groups in total. The molecule has 0 aliphatic carbocycles. The Bertz CT molecular complexity index is 555. The lowest BCUT2D eigenvalue weighted by Crippen LogP contribution is -2.42. The second-order valence-corrected chi connectivity index (χ2v) is 6.85. The van der Waals surface area contributed by atoms with Crippen molar-refractivity contribution in [3.63, 3.8) is 0 Å². The highest BCUT2D eigenvalue weighted by molar-refractivity contribution is 7.99. The third kappa shape index (κ3) is 6.35. The topological polar surface area (TPSA) is 81.2 Å². The lowest BCUT2D eigenvalue weighted by Gasteiger charge is -2.18. The van der Waals surface area contributed by atoms with Gasteiger partial charge in [-0.1, -0.05) is 44.1 Å². The van der Waals surface area contributed by atoms with E-state index >= 15 is 0 Å². The molecule has 0 saturated heterocycles. The highest BCUT2D eigenvalue weighted by atomic mass is 35.5. The summed E-state index contributed by atoms with van der Waals surface area (Å²) in [5, 5.41) is 3.28.